The van der Waals surface area contributed by atoms with Gasteiger partial charge in [-0.15, -0.1) is 0 Å². The van der Waals surface area contributed by atoms with Crippen LogP contribution >= 0.6 is 23.3 Å². The molecule has 0 saturated carbocycles. The number of pyridine rings is 1. The molecule has 1 aliphatic rings. The van der Waals surface area contributed by atoms with Crippen LogP contribution < -0.4 is 10.0 Å². The Kier molecular flexibility index (Phi) is 4.99. The number of carbonyl (C=O) groups is 1. The first kappa shape index (κ1) is 19.1. The summed E-state index contributed by atoms with van der Waals surface area (Å²) in [4.78, 5) is 24.0. The van der Waals surface area contributed by atoms with Crippen LogP contribution in [0.5, 0.6) is 0 Å². The quantitative estimate of drug-likeness (QED) is 0.651. The first-order valence-electron chi connectivity index (χ1n) is 9.07. The molecule has 0 fully saturated rings. The summed E-state index contributed by atoms with van der Waals surface area (Å²) in [5.41, 5.74) is 4.89. The van der Waals surface area contributed by atoms with E-state index in [0.29, 0.717) is 5.13 Å². The van der Waals surface area contributed by atoms with E-state index in [2.05, 4.69) is 28.2 Å². The predicted molar refractivity (Wildman–Crippen MR) is 115 cm³/mol. The van der Waals surface area contributed by atoms with Gasteiger partial charge in [0, 0.05) is 18.8 Å². The van der Waals surface area contributed by atoms with Crippen molar-refractivity contribution in [2.75, 3.05) is 11.9 Å². The molecular weight excluding hydrogens is 388 g/mol. The highest BCUT2D eigenvalue weighted by Gasteiger charge is 2.42. The number of aryl methyl sites for hydroxylation is 1. The van der Waals surface area contributed by atoms with Crippen molar-refractivity contribution in [2.45, 2.75) is 30.9 Å². The summed E-state index contributed by atoms with van der Waals surface area (Å²) in [7, 11) is 1.80. The highest BCUT2D eigenvalue weighted by molar-refractivity contribution is 7.99. The van der Waals surface area contributed by atoms with Crippen LogP contribution in [0.1, 0.15) is 23.7 Å². The Labute approximate surface area is 173 Å². The Morgan fingerprint density at radius 2 is 2.04 bits per heavy atom. The molecule has 4 rings (SSSR count). The average Bonchev–Trinajstić information content (AvgIpc) is 3.26. The van der Waals surface area contributed by atoms with E-state index in [1.165, 1.54) is 34.4 Å². The Morgan fingerprint density at radius 1 is 1.25 bits per heavy atom. The summed E-state index contributed by atoms with van der Waals surface area (Å²) in [6, 6.07) is 12.3. The lowest BCUT2D eigenvalue weighted by atomic mass is 9.86. The minimum atomic E-state index is -0.477. The SMILES string of the molecule is Cc1nc(N(C)C(=O)C2(C)Cc3ccc(-c4ccccn4)cc3C2)sc1SN. The van der Waals surface area contributed by atoms with Crippen molar-refractivity contribution in [3.63, 3.8) is 0 Å². The van der Waals surface area contributed by atoms with Crippen LogP contribution in [-0.2, 0) is 17.6 Å². The fraction of sp³-hybridized carbons (Fsp3) is 0.286. The molecule has 7 heteroatoms. The lowest BCUT2D eigenvalue weighted by molar-refractivity contribution is -0.126. The van der Waals surface area contributed by atoms with E-state index in [0.717, 1.165) is 34.0 Å². The minimum Gasteiger partial charge on any atom is -0.291 e. The maximum atomic E-state index is 13.3. The van der Waals surface area contributed by atoms with Gasteiger partial charge in [0.2, 0.25) is 5.91 Å². The number of rotatable bonds is 4. The van der Waals surface area contributed by atoms with Crippen LogP contribution in [0.3, 0.4) is 0 Å². The molecule has 2 N–H and O–H groups in total. The summed E-state index contributed by atoms with van der Waals surface area (Å²) >= 11 is 2.64. The van der Waals surface area contributed by atoms with E-state index in [9.17, 15) is 4.79 Å². The normalized spacial score (nSPS) is 18.1. The third kappa shape index (κ3) is 3.34. The van der Waals surface area contributed by atoms with E-state index in [-0.39, 0.29) is 5.91 Å². The zero-order valence-corrected chi connectivity index (χ0v) is 17.7. The number of hydrogen-bond acceptors (Lipinski definition) is 6. The molecule has 3 aromatic rings. The van der Waals surface area contributed by atoms with Crippen molar-refractivity contribution < 1.29 is 4.79 Å². The predicted octanol–water partition coefficient (Wildman–Crippen LogP) is 4.25. The van der Waals surface area contributed by atoms with Gasteiger partial charge >= 0.3 is 0 Å². The van der Waals surface area contributed by atoms with Gasteiger partial charge in [0.15, 0.2) is 5.13 Å². The molecular formula is C21H22N4OS2. The van der Waals surface area contributed by atoms with E-state index in [1.807, 2.05) is 32.0 Å². The number of aromatic nitrogens is 2. The largest absolute Gasteiger partial charge is 0.291 e. The van der Waals surface area contributed by atoms with Crippen molar-refractivity contribution in [3.8, 4) is 11.3 Å². The van der Waals surface area contributed by atoms with Crippen molar-refractivity contribution in [2.24, 2.45) is 10.6 Å². The maximum absolute atomic E-state index is 13.3. The molecule has 1 amide bonds. The summed E-state index contributed by atoms with van der Waals surface area (Å²) < 4.78 is 0.939. The van der Waals surface area contributed by atoms with Gasteiger partial charge < -0.3 is 0 Å². The summed E-state index contributed by atoms with van der Waals surface area (Å²) in [5.74, 6) is 0.0883. The van der Waals surface area contributed by atoms with E-state index < -0.39 is 5.41 Å². The van der Waals surface area contributed by atoms with Crippen molar-refractivity contribution in [1.82, 2.24) is 9.97 Å². The molecule has 1 atom stereocenters. The Balaban J connectivity index is 1.58. The molecule has 144 valence electrons. The van der Waals surface area contributed by atoms with Gasteiger partial charge in [0.1, 0.15) is 0 Å². The van der Waals surface area contributed by atoms with Crippen LogP contribution in [0.15, 0.2) is 46.8 Å². The molecule has 1 aromatic carbocycles. The van der Waals surface area contributed by atoms with Crippen molar-refractivity contribution >= 4 is 34.3 Å². The summed E-state index contributed by atoms with van der Waals surface area (Å²) in [5, 5.41) is 6.38. The van der Waals surface area contributed by atoms with Gasteiger partial charge in [-0.2, -0.15) is 0 Å². The number of fused-ring (bicyclic) bond motifs is 1. The lowest BCUT2D eigenvalue weighted by Crippen LogP contribution is -2.41. The number of amides is 1. The number of carbonyl (C=O) groups excluding carboxylic acids is 1. The van der Waals surface area contributed by atoms with E-state index in [1.54, 1.807) is 18.1 Å². The van der Waals surface area contributed by atoms with Gasteiger partial charge in [0.25, 0.3) is 0 Å². The third-order valence-electron chi connectivity index (χ3n) is 5.29. The van der Waals surface area contributed by atoms with Crippen LogP contribution in [0.2, 0.25) is 0 Å². The molecule has 28 heavy (non-hydrogen) atoms. The zero-order valence-electron chi connectivity index (χ0n) is 16.1. The Morgan fingerprint density at radius 3 is 2.71 bits per heavy atom. The fourth-order valence-corrected chi connectivity index (χ4v) is 5.22. The minimum absolute atomic E-state index is 0.0883. The molecule has 0 saturated heterocycles. The van der Waals surface area contributed by atoms with Gasteiger partial charge in [-0.25, -0.2) is 4.98 Å². The van der Waals surface area contributed by atoms with Crippen LogP contribution in [-0.4, -0.2) is 22.9 Å². The fourth-order valence-electron chi connectivity index (χ4n) is 3.82. The third-order valence-corrected chi connectivity index (χ3v) is 7.36. The Bertz CT molecular complexity index is 1030. The van der Waals surface area contributed by atoms with Crippen LogP contribution in [0.25, 0.3) is 11.3 Å². The molecule has 0 aliphatic heterocycles. The molecule has 0 radical (unpaired) electrons. The van der Waals surface area contributed by atoms with Gasteiger partial charge in [-0.3, -0.25) is 19.8 Å². The summed E-state index contributed by atoms with van der Waals surface area (Å²) in [6.07, 6.45) is 3.25. The molecule has 5 nitrogen and oxygen atoms in total. The molecule has 0 spiro atoms. The first-order valence-corrected chi connectivity index (χ1v) is 10.8. The van der Waals surface area contributed by atoms with Crippen LogP contribution in [0, 0.1) is 12.3 Å². The van der Waals surface area contributed by atoms with Gasteiger partial charge in [-0.1, -0.05) is 36.5 Å². The molecule has 0 bridgehead atoms. The number of benzene rings is 1. The van der Waals surface area contributed by atoms with Gasteiger partial charge in [-0.05, 0) is 61.0 Å². The monoisotopic (exact) mass is 410 g/mol. The highest BCUT2D eigenvalue weighted by Crippen LogP contribution is 2.41. The average molecular weight is 411 g/mol. The maximum Gasteiger partial charge on any atom is 0.235 e. The zero-order chi connectivity index (χ0) is 19.9. The summed E-state index contributed by atoms with van der Waals surface area (Å²) in [6.45, 7) is 3.96. The smallest absolute Gasteiger partial charge is 0.235 e. The van der Waals surface area contributed by atoms with E-state index in [4.69, 9.17) is 5.14 Å². The second kappa shape index (κ2) is 7.31. The number of nitrogens with zero attached hydrogens (tertiary/aromatic N) is 3. The number of anilines is 1. The molecule has 1 aliphatic carbocycles. The molecule has 2 aromatic heterocycles. The number of thiazole rings is 1. The lowest BCUT2D eigenvalue weighted by Gasteiger charge is -2.27. The number of hydrogen-bond donors (Lipinski definition) is 1. The van der Waals surface area contributed by atoms with E-state index >= 15 is 0 Å². The molecule has 2 heterocycles. The van der Waals surface area contributed by atoms with Crippen molar-refractivity contribution in [3.05, 3.63) is 59.4 Å². The van der Waals surface area contributed by atoms with Gasteiger partial charge in [0.05, 0.1) is 21.0 Å². The second-order valence-electron chi connectivity index (χ2n) is 7.46. The standard InChI is InChI=1S/C21H22N4OS2/c1-13-18(28-22)27-20(24-13)25(3)19(26)21(2)11-15-8-7-14(10-16(15)12-21)17-6-4-5-9-23-17/h4-10H,11-12,22H2,1-3H3. The first-order chi connectivity index (χ1) is 13.4. The topological polar surface area (TPSA) is 72.1 Å². The highest BCUT2D eigenvalue weighted by atomic mass is 32.2. The van der Waals surface area contributed by atoms with Crippen LogP contribution in [0.4, 0.5) is 5.13 Å². The second-order valence-corrected chi connectivity index (χ2v) is 9.34. The number of nitrogens with two attached hydrogens (primary N) is 1. The molecule has 1 unspecified atom stereocenters. The van der Waals surface area contributed by atoms with Crippen molar-refractivity contribution in [1.29, 1.82) is 0 Å². The Hall–Kier alpha value is -2.22.